The Morgan fingerprint density at radius 1 is 1.30 bits per heavy atom. The first kappa shape index (κ1) is 14.3. The number of aromatic nitrogens is 3. The summed E-state index contributed by atoms with van der Waals surface area (Å²) in [4.78, 5) is 27.1. The van der Waals surface area contributed by atoms with Crippen LogP contribution >= 0.6 is 0 Å². The number of carbonyl (C=O) groups excluding carboxylic acids is 1. The van der Waals surface area contributed by atoms with Gasteiger partial charge in [-0.15, -0.1) is 5.10 Å². The number of hydrogen-bond donors (Lipinski definition) is 4. The smallest absolute Gasteiger partial charge is 0.311 e. The molecule has 1 amide bonds. The van der Waals surface area contributed by atoms with Gasteiger partial charge in [-0.3, -0.25) is 14.7 Å². The van der Waals surface area contributed by atoms with Gasteiger partial charge in [0.25, 0.3) is 5.91 Å². The number of nitrogens with one attached hydrogen (secondary N) is 2. The van der Waals surface area contributed by atoms with Crippen molar-refractivity contribution in [3.63, 3.8) is 0 Å². The van der Waals surface area contributed by atoms with Crippen molar-refractivity contribution < 1.29 is 14.7 Å². The molecule has 1 heterocycles. The van der Waals surface area contributed by atoms with Gasteiger partial charge in [0.1, 0.15) is 0 Å². The van der Waals surface area contributed by atoms with E-state index in [2.05, 4.69) is 20.5 Å². The van der Waals surface area contributed by atoms with Crippen LogP contribution in [0.5, 0.6) is 0 Å². The van der Waals surface area contributed by atoms with Crippen LogP contribution in [0.2, 0.25) is 0 Å². The minimum absolute atomic E-state index is 0.00309. The van der Waals surface area contributed by atoms with Gasteiger partial charge in [-0.1, -0.05) is 25.7 Å². The van der Waals surface area contributed by atoms with Gasteiger partial charge >= 0.3 is 5.97 Å². The summed E-state index contributed by atoms with van der Waals surface area (Å²) >= 11 is 0. The summed E-state index contributed by atoms with van der Waals surface area (Å²) in [6.45, 7) is 0.0990. The molecule has 0 bridgehead atoms. The standard InChI is InChI=1S/C12H19N5O3/c13-11-15-8(16-17-11)9(18)14-7-12(10(19)20)5-3-1-2-4-6-12/h1-7H2,(H,14,18)(H,19,20)(H3,13,15,16,17). The van der Waals surface area contributed by atoms with E-state index in [1.54, 1.807) is 0 Å². The maximum Gasteiger partial charge on any atom is 0.311 e. The highest BCUT2D eigenvalue weighted by molar-refractivity contribution is 5.91. The number of nitrogens with zero attached hydrogens (tertiary/aromatic N) is 2. The molecule has 1 aromatic rings. The molecular formula is C12H19N5O3. The number of rotatable bonds is 4. The molecule has 110 valence electrons. The van der Waals surface area contributed by atoms with Gasteiger partial charge < -0.3 is 16.2 Å². The predicted octanol–water partition coefficient (Wildman–Crippen LogP) is 0.542. The zero-order valence-corrected chi connectivity index (χ0v) is 11.2. The number of aromatic amines is 1. The van der Waals surface area contributed by atoms with Crippen LogP contribution in [0.25, 0.3) is 0 Å². The van der Waals surface area contributed by atoms with Crippen LogP contribution in [0, 0.1) is 5.41 Å². The van der Waals surface area contributed by atoms with E-state index in [9.17, 15) is 14.7 Å². The number of nitrogen functional groups attached to an aromatic ring is 1. The van der Waals surface area contributed by atoms with Gasteiger partial charge in [0, 0.05) is 6.54 Å². The van der Waals surface area contributed by atoms with Crippen molar-refractivity contribution in [2.45, 2.75) is 38.5 Å². The number of carboxylic acid groups (broad SMARTS) is 1. The number of aliphatic carboxylic acids is 1. The molecule has 0 aromatic carbocycles. The minimum Gasteiger partial charge on any atom is -0.481 e. The van der Waals surface area contributed by atoms with E-state index in [0.717, 1.165) is 25.7 Å². The van der Waals surface area contributed by atoms with E-state index in [-0.39, 0.29) is 18.3 Å². The van der Waals surface area contributed by atoms with Crippen molar-refractivity contribution >= 4 is 17.8 Å². The summed E-state index contributed by atoms with van der Waals surface area (Å²) in [7, 11) is 0. The largest absolute Gasteiger partial charge is 0.481 e. The van der Waals surface area contributed by atoms with Crippen molar-refractivity contribution in [1.82, 2.24) is 20.5 Å². The first-order valence-electron chi connectivity index (χ1n) is 6.73. The summed E-state index contributed by atoms with van der Waals surface area (Å²) in [5, 5.41) is 18.1. The molecule has 0 radical (unpaired) electrons. The molecule has 0 saturated heterocycles. The topological polar surface area (TPSA) is 134 Å². The molecule has 1 aliphatic rings. The Morgan fingerprint density at radius 3 is 2.45 bits per heavy atom. The molecule has 0 aliphatic heterocycles. The van der Waals surface area contributed by atoms with E-state index < -0.39 is 17.3 Å². The predicted molar refractivity (Wildman–Crippen MR) is 70.9 cm³/mol. The quantitative estimate of drug-likeness (QED) is 0.595. The van der Waals surface area contributed by atoms with Crippen LogP contribution in [0.3, 0.4) is 0 Å². The number of amides is 1. The van der Waals surface area contributed by atoms with Crippen molar-refractivity contribution in [3.05, 3.63) is 5.82 Å². The molecule has 8 heteroatoms. The molecule has 8 nitrogen and oxygen atoms in total. The monoisotopic (exact) mass is 281 g/mol. The second-order valence-electron chi connectivity index (χ2n) is 5.22. The van der Waals surface area contributed by atoms with Gasteiger partial charge in [0.05, 0.1) is 5.41 Å². The number of carbonyl (C=O) groups is 2. The maximum atomic E-state index is 11.9. The summed E-state index contributed by atoms with van der Waals surface area (Å²) in [6.07, 6.45) is 5.00. The second kappa shape index (κ2) is 5.89. The van der Waals surface area contributed by atoms with Crippen LogP contribution < -0.4 is 11.1 Å². The van der Waals surface area contributed by atoms with Crippen LogP contribution in [0.4, 0.5) is 5.95 Å². The lowest BCUT2D eigenvalue weighted by Crippen LogP contribution is -2.43. The zero-order chi connectivity index (χ0) is 14.6. The molecule has 1 aromatic heterocycles. The summed E-state index contributed by atoms with van der Waals surface area (Å²) in [5.41, 5.74) is 4.45. The van der Waals surface area contributed by atoms with Gasteiger partial charge in [-0.05, 0) is 12.8 Å². The van der Waals surface area contributed by atoms with Crippen molar-refractivity contribution in [1.29, 1.82) is 0 Å². The Labute approximate surface area is 116 Å². The van der Waals surface area contributed by atoms with Gasteiger partial charge in [-0.2, -0.15) is 4.98 Å². The van der Waals surface area contributed by atoms with Crippen LogP contribution in [0.15, 0.2) is 0 Å². The van der Waals surface area contributed by atoms with E-state index in [1.807, 2.05) is 0 Å². The van der Waals surface area contributed by atoms with Crippen LogP contribution in [-0.4, -0.2) is 38.7 Å². The average molecular weight is 281 g/mol. The van der Waals surface area contributed by atoms with Crippen LogP contribution in [0.1, 0.15) is 49.1 Å². The van der Waals surface area contributed by atoms with Gasteiger partial charge in [0.15, 0.2) is 0 Å². The maximum absolute atomic E-state index is 11.9. The molecule has 1 aliphatic carbocycles. The van der Waals surface area contributed by atoms with E-state index in [4.69, 9.17) is 5.73 Å². The fourth-order valence-corrected chi connectivity index (χ4v) is 2.58. The third-order valence-corrected chi connectivity index (χ3v) is 3.82. The molecule has 2 rings (SSSR count). The number of carboxylic acids is 1. The number of anilines is 1. The third kappa shape index (κ3) is 3.06. The lowest BCUT2D eigenvalue weighted by Gasteiger charge is -2.27. The Kier molecular flexibility index (Phi) is 4.21. The molecule has 0 spiro atoms. The molecule has 0 unspecified atom stereocenters. The Hall–Kier alpha value is -2.12. The van der Waals surface area contributed by atoms with E-state index >= 15 is 0 Å². The SMILES string of the molecule is Nc1n[nH]c(C(=O)NCC2(C(=O)O)CCCCCC2)n1. The number of hydrogen-bond acceptors (Lipinski definition) is 5. The normalized spacial score (nSPS) is 18.2. The molecule has 0 atom stereocenters. The van der Waals surface area contributed by atoms with Crippen molar-refractivity contribution in [3.8, 4) is 0 Å². The highest BCUT2D eigenvalue weighted by Gasteiger charge is 2.39. The summed E-state index contributed by atoms with van der Waals surface area (Å²) in [6, 6.07) is 0. The van der Waals surface area contributed by atoms with Crippen LogP contribution in [-0.2, 0) is 4.79 Å². The highest BCUT2D eigenvalue weighted by Crippen LogP contribution is 2.34. The van der Waals surface area contributed by atoms with Crippen molar-refractivity contribution in [2.75, 3.05) is 12.3 Å². The first-order valence-corrected chi connectivity index (χ1v) is 6.73. The number of nitrogens with two attached hydrogens (primary N) is 1. The van der Waals surface area contributed by atoms with Gasteiger partial charge in [0.2, 0.25) is 11.8 Å². The van der Waals surface area contributed by atoms with E-state index in [1.165, 1.54) is 0 Å². The fraction of sp³-hybridized carbons (Fsp3) is 0.667. The number of H-pyrrole nitrogens is 1. The minimum atomic E-state index is -0.877. The summed E-state index contributed by atoms with van der Waals surface area (Å²) in [5.74, 6) is -1.36. The van der Waals surface area contributed by atoms with Crippen molar-refractivity contribution in [2.24, 2.45) is 5.41 Å². The molecule has 20 heavy (non-hydrogen) atoms. The van der Waals surface area contributed by atoms with E-state index in [0.29, 0.717) is 12.8 Å². The second-order valence-corrected chi connectivity index (χ2v) is 5.22. The third-order valence-electron chi connectivity index (χ3n) is 3.82. The lowest BCUT2D eigenvalue weighted by atomic mass is 9.80. The Balaban J connectivity index is 2.01. The van der Waals surface area contributed by atoms with Gasteiger partial charge in [-0.25, -0.2) is 0 Å². The Morgan fingerprint density at radius 2 is 1.95 bits per heavy atom. The first-order chi connectivity index (χ1) is 9.53. The molecular weight excluding hydrogens is 262 g/mol. The highest BCUT2D eigenvalue weighted by atomic mass is 16.4. The average Bonchev–Trinajstić information content (AvgIpc) is 2.71. The molecule has 1 fully saturated rings. The molecule has 5 N–H and O–H groups in total. The Bertz CT molecular complexity index is 491. The summed E-state index contributed by atoms with van der Waals surface area (Å²) < 4.78 is 0. The lowest BCUT2D eigenvalue weighted by molar-refractivity contribution is -0.149. The fourth-order valence-electron chi connectivity index (χ4n) is 2.58. The molecule has 1 saturated carbocycles. The zero-order valence-electron chi connectivity index (χ0n) is 11.2.